The molecule has 0 N–H and O–H groups in total. The van der Waals surface area contributed by atoms with E-state index in [0.29, 0.717) is 10.6 Å². The SMILES string of the molecule is [2H]c1c([2H])c([2H])c2c(c1[2H])c1c([2H])c([2H])c([2H])c([2H])c1n2-c1cc2c3c(c1C#N)Sc1ccc(-c4ccccc4)cc1B3c1cc(-c3ccccc3)ccc1N2c1c(-c2ccccc2)cccc1-c1ccccc1. The summed E-state index contributed by atoms with van der Waals surface area (Å²) in [6.07, 6.45) is 0. The van der Waals surface area contributed by atoms with E-state index in [9.17, 15) is 10.7 Å². The van der Waals surface area contributed by atoms with Gasteiger partial charge in [-0.1, -0.05) is 217 Å². The molecule has 0 aliphatic carbocycles. The zero-order chi connectivity index (χ0) is 50.7. The lowest BCUT2D eigenvalue weighted by Gasteiger charge is -2.42. The fourth-order valence-corrected chi connectivity index (χ4v) is 11.3. The third-order valence-electron chi connectivity index (χ3n) is 12.9. The van der Waals surface area contributed by atoms with Crippen molar-refractivity contribution in [3.8, 4) is 56.3 Å². The van der Waals surface area contributed by atoms with Crippen molar-refractivity contribution in [2.24, 2.45) is 0 Å². The van der Waals surface area contributed by atoms with Gasteiger partial charge in [0, 0.05) is 43.1 Å². The van der Waals surface area contributed by atoms with Gasteiger partial charge in [-0.25, -0.2) is 0 Å². The van der Waals surface area contributed by atoms with Gasteiger partial charge in [0.05, 0.1) is 38.9 Å². The molecule has 0 bridgehead atoms. The Morgan fingerprint density at radius 1 is 0.470 bits per heavy atom. The van der Waals surface area contributed by atoms with Crippen molar-refractivity contribution in [3.05, 3.63) is 236 Å². The number of fused-ring (bicyclic) bond motifs is 7. The van der Waals surface area contributed by atoms with Gasteiger partial charge in [-0.05, 0) is 74.6 Å². The average molecular weight is 864 g/mol. The van der Waals surface area contributed by atoms with E-state index in [0.717, 1.165) is 77.2 Å². The number of nitriles is 1. The van der Waals surface area contributed by atoms with Crippen LogP contribution in [-0.4, -0.2) is 11.3 Å². The summed E-state index contributed by atoms with van der Waals surface area (Å²) in [5.41, 5.74) is 13.6. The molecular weight excluding hydrogens is 818 g/mol. The van der Waals surface area contributed by atoms with Crippen LogP contribution in [0.25, 0.3) is 72.0 Å². The molecule has 1 aromatic heterocycles. The molecule has 2 aliphatic rings. The molecule has 10 aromatic carbocycles. The highest BCUT2D eigenvalue weighted by Crippen LogP contribution is 2.51. The van der Waals surface area contributed by atoms with Crippen LogP contribution in [0.4, 0.5) is 17.1 Å². The molecule has 0 saturated carbocycles. The first kappa shape index (κ1) is 30.7. The monoisotopic (exact) mass is 863 g/mol. The average Bonchev–Trinajstić information content (AvgIpc) is 3.85. The van der Waals surface area contributed by atoms with E-state index < -0.39 is 55.1 Å². The zero-order valence-electron chi connectivity index (χ0n) is 43.1. The van der Waals surface area contributed by atoms with E-state index in [-0.39, 0.29) is 33.1 Å². The molecule has 3 nitrogen and oxygen atoms in total. The highest BCUT2D eigenvalue weighted by molar-refractivity contribution is 8.00. The van der Waals surface area contributed by atoms with Crippen LogP contribution in [-0.2, 0) is 0 Å². The van der Waals surface area contributed by atoms with Crippen LogP contribution >= 0.6 is 11.8 Å². The van der Waals surface area contributed by atoms with E-state index in [4.69, 9.17) is 5.48 Å². The van der Waals surface area contributed by atoms with Gasteiger partial charge < -0.3 is 9.47 Å². The number of rotatable bonds is 6. The van der Waals surface area contributed by atoms with Crippen molar-refractivity contribution >= 4 is 73.7 Å². The van der Waals surface area contributed by atoms with Gasteiger partial charge in [-0.3, -0.25) is 0 Å². The van der Waals surface area contributed by atoms with Crippen molar-refractivity contribution in [1.29, 1.82) is 5.26 Å². The maximum Gasteiger partial charge on any atom is 0.249 e. The molecule has 0 unspecified atom stereocenters. The highest BCUT2D eigenvalue weighted by atomic mass is 32.2. The van der Waals surface area contributed by atoms with E-state index in [1.807, 2.05) is 78.9 Å². The predicted molar refractivity (Wildman–Crippen MR) is 277 cm³/mol. The molecular formula is C61H38BN3S. The lowest BCUT2D eigenvalue weighted by molar-refractivity contribution is 1.14. The number of hydrogen-bond donors (Lipinski definition) is 0. The third kappa shape index (κ3) is 5.93. The first-order valence-electron chi connectivity index (χ1n) is 25.8. The second-order valence-corrected chi connectivity index (χ2v) is 17.5. The molecule has 0 radical (unpaired) electrons. The van der Waals surface area contributed by atoms with E-state index >= 15 is 0 Å². The number of para-hydroxylation sites is 3. The summed E-state index contributed by atoms with van der Waals surface area (Å²) in [5, 5.41) is 11.7. The van der Waals surface area contributed by atoms with Crippen LogP contribution in [0, 0.1) is 11.3 Å². The number of anilines is 3. The maximum atomic E-state index is 11.8. The van der Waals surface area contributed by atoms with E-state index in [1.54, 1.807) is 0 Å². The fraction of sp³-hybridized carbons (Fsp3) is 0. The second kappa shape index (κ2) is 15.5. The van der Waals surface area contributed by atoms with Crippen molar-refractivity contribution in [1.82, 2.24) is 4.57 Å². The second-order valence-electron chi connectivity index (χ2n) is 16.5. The van der Waals surface area contributed by atoms with Gasteiger partial charge in [0.1, 0.15) is 6.07 Å². The smallest absolute Gasteiger partial charge is 0.249 e. The predicted octanol–water partition coefficient (Wildman–Crippen LogP) is 14.1. The zero-order valence-corrected chi connectivity index (χ0v) is 36.0. The number of benzene rings is 10. The van der Waals surface area contributed by atoms with Crippen molar-refractivity contribution < 1.29 is 11.0 Å². The maximum absolute atomic E-state index is 11.8. The molecule has 0 spiro atoms. The van der Waals surface area contributed by atoms with Crippen LogP contribution in [0.5, 0.6) is 0 Å². The summed E-state index contributed by atoms with van der Waals surface area (Å²) in [4.78, 5) is 3.83. The molecule has 2 aliphatic heterocycles. The Kier molecular flexibility index (Phi) is 7.20. The minimum Gasteiger partial charge on any atom is -0.310 e. The van der Waals surface area contributed by atoms with Crippen molar-refractivity contribution in [3.63, 3.8) is 0 Å². The fourth-order valence-electron chi connectivity index (χ4n) is 10.1. The first-order chi connectivity index (χ1) is 36.0. The molecule has 3 heterocycles. The summed E-state index contributed by atoms with van der Waals surface area (Å²) >= 11 is 1.46. The Labute approximate surface area is 399 Å². The van der Waals surface area contributed by atoms with Gasteiger partial charge in [0.25, 0.3) is 0 Å². The Bertz CT molecular complexity index is 4090. The lowest BCUT2D eigenvalue weighted by atomic mass is 9.34. The molecule has 0 amide bonds. The normalized spacial score (nSPS) is 14.1. The first-order valence-corrected chi connectivity index (χ1v) is 22.6. The van der Waals surface area contributed by atoms with Gasteiger partial charge in [-0.2, -0.15) is 5.26 Å². The molecule has 13 rings (SSSR count). The number of hydrogen-bond acceptors (Lipinski definition) is 3. The van der Waals surface area contributed by atoms with Gasteiger partial charge in [-0.15, -0.1) is 0 Å². The van der Waals surface area contributed by atoms with Gasteiger partial charge >= 0.3 is 0 Å². The molecule has 11 aromatic rings. The topological polar surface area (TPSA) is 32.0 Å². The summed E-state index contributed by atoms with van der Waals surface area (Å²) < 4.78 is 74.7. The minimum absolute atomic E-state index is 0.0585. The summed E-state index contributed by atoms with van der Waals surface area (Å²) in [7, 11) is 0. The summed E-state index contributed by atoms with van der Waals surface area (Å²) in [5.74, 6) is 0. The summed E-state index contributed by atoms with van der Waals surface area (Å²) in [6.45, 7) is -0.437. The summed E-state index contributed by atoms with van der Waals surface area (Å²) in [6, 6.07) is 60.9. The van der Waals surface area contributed by atoms with Crippen molar-refractivity contribution in [2.45, 2.75) is 9.79 Å². The quantitative estimate of drug-likeness (QED) is 0.156. The van der Waals surface area contributed by atoms with Crippen LogP contribution in [0.3, 0.4) is 0 Å². The largest absolute Gasteiger partial charge is 0.310 e. The molecule has 306 valence electrons. The Balaban J connectivity index is 1.24. The standard InChI is InChI=1S/C61H38BN3S/c63-39-50-56(64-53-30-15-13-26-48(53)49-27-14-16-31-54(49)64)38-57-59-61(50)66-58-35-33-45(41-20-7-2-8-21-41)37-52(58)62(59)51-36-44(40-18-5-1-6-19-40)32-34-55(51)65(57)60-46(42-22-9-3-10-23-42)28-17-29-47(60)43-24-11-4-12-25-43/h1-38H/i13D,14D,15D,16D,26D,27D,30D,31D. The third-order valence-corrected chi connectivity index (χ3v) is 14.2. The molecule has 5 heteroatoms. The Morgan fingerprint density at radius 3 is 1.55 bits per heavy atom. The number of nitrogens with zero attached hydrogens (tertiary/aromatic N) is 3. The highest BCUT2D eigenvalue weighted by Gasteiger charge is 2.44. The lowest BCUT2D eigenvalue weighted by Crippen LogP contribution is -2.60. The van der Waals surface area contributed by atoms with E-state index in [2.05, 4.69) is 114 Å². The molecule has 0 atom stereocenters. The van der Waals surface area contributed by atoms with Crippen LogP contribution in [0.2, 0.25) is 0 Å². The molecule has 66 heavy (non-hydrogen) atoms. The van der Waals surface area contributed by atoms with Crippen LogP contribution in [0.1, 0.15) is 16.5 Å². The Hall–Kier alpha value is -8.30. The van der Waals surface area contributed by atoms with Crippen LogP contribution in [0.15, 0.2) is 240 Å². The van der Waals surface area contributed by atoms with Crippen LogP contribution < -0.4 is 21.3 Å². The van der Waals surface area contributed by atoms with Gasteiger partial charge in [0.2, 0.25) is 6.71 Å². The minimum atomic E-state index is -0.538. The molecule has 0 fully saturated rings. The van der Waals surface area contributed by atoms with Gasteiger partial charge in [0.15, 0.2) is 0 Å². The Morgan fingerprint density at radius 2 is 0.985 bits per heavy atom. The van der Waals surface area contributed by atoms with Crippen molar-refractivity contribution in [2.75, 3.05) is 4.90 Å². The molecule has 0 saturated heterocycles. The number of aromatic nitrogens is 1. The van der Waals surface area contributed by atoms with E-state index in [1.165, 1.54) is 16.3 Å².